The van der Waals surface area contributed by atoms with E-state index in [1.807, 2.05) is 0 Å². The summed E-state index contributed by atoms with van der Waals surface area (Å²) in [5.41, 5.74) is 0.734. The number of methoxy groups -OCH3 is 1. The Morgan fingerprint density at radius 1 is 1.00 bits per heavy atom. The van der Waals surface area contributed by atoms with Gasteiger partial charge in [-0.2, -0.15) is 4.31 Å². The van der Waals surface area contributed by atoms with Gasteiger partial charge in [-0.1, -0.05) is 53.0 Å². The fourth-order valence-electron chi connectivity index (χ4n) is 3.80. The molecule has 1 unspecified atom stereocenters. The molecule has 12 heteroatoms. The summed E-state index contributed by atoms with van der Waals surface area (Å²) < 4.78 is 38.8. The number of carbonyl (C=O) groups excluding carboxylic acids is 2. The first-order valence-corrected chi connectivity index (χ1v) is 13.5. The summed E-state index contributed by atoms with van der Waals surface area (Å²) in [4.78, 5) is 27.1. The number of sulfonamides is 1. The van der Waals surface area contributed by atoms with E-state index in [2.05, 4.69) is 0 Å². The molecule has 194 valence electrons. The van der Waals surface area contributed by atoms with Crippen molar-refractivity contribution in [1.82, 2.24) is 4.31 Å². The summed E-state index contributed by atoms with van der Waals surface area (Å²) >= 11 is 18.6. The van der Waals surface area contributed by atoms with E-state index in [-0.39, 0.29) is 28.0 Å². The zero-order valence-electron chi connectivity index (χ0n) is 19.4. The van der Waals surface area contributed by atoms with Crippen LogP contribution in [-0.2, 0) is 30.9 Å². The lowest BCUT2D eigenvalue weighted by Crippen LogP contribution is -2.50. The number of fused-ring (bicyclic) bond motifs is 1. The van der Waals surface area contributed by atoms with Gasteiger partial charge in [-0.25, -0.2) is 13.2 Å². The maximum absolute atomic E-state index is 13.7. The van der Waals surface area contributed by atoms with E-state index in [0.29, 0.717) is 22.0 Å². The Bertz CT molecular complexity index is 1410. The zero-order chi connectivity index (χ0) is 26.7. The van der Waals surface area contributed by atoms with Crippen LogP contribution >= 0.6 is 34.8 Å². The van der Waals surface area contributed by atoms with Crippen molar-refractivity contribution in [2.45, 2.75) is 17.5 Å². The van der Waals surface area contributed by atoms with Crippen molar-refractivity contribution in [3.8, 4) is 5.75 Å². The van der Waals surface area contributed by atoms with Gasteiger partial charge in [0.15, 0.2) is 0 Å². The SMILES string of the molecule is COC(=O)C1CN(C(=O)CN(Cc2c(Cl)cccc2Cl)S(=O)(=O)c2ccc(Cl)cc2)c2ccccc2O1. The lowest BCUT2D eigenvalue weighted by molar-refractivity contribution is -0.148. The first kappa shape index (κ1) is 27.2. The van der Waals surface area contributed by atoms with E-state index in [4.69, 9.17) is 44.3 Å². The molecule has 0 radical (unpaired) electrons. The van der Waals surface area contributed by atoms with Crippen LogP contribution in [0, 0.1) is 0 Å². The van der Waals surface area contributed by atoms with Gasteiger partial charge in [0.1, 0.15) is 5.75 Å². The van der Waals surface area contributed by atoms with E-state index in [9.17, 15) is 18.0 Å². The molecule has 0 spiro atoms. The number of amides is 1. The maximum atomic E-state index is 13.7. The largest absolute Gasteiger partial charge is 0.475 e. The molecule has 4 rings (SSSR count). The van der Waals surface area contributed by atoms with Crippen LogP contribution in [0.4, 0.5) is 5.69 Å². The number of ether oxygens (including phenoxy) is 2. The minimum atomic E-state index is -4.21. The number of benzene rings is 3. The quantitative estimate of drug-likeness (QED) is 0.371. The molecule has 1 aliphatic heterocycles. The van der Waals surface area contributed by atoms with Gasteiger partial charge < -0.3 is 14.4 Å². The van der Waals surface area contributed by atoms with Crippen LogP contribution in [0.25, 0.3) is 0 Å². The van der Waals surface area contributed by atoms with E-state index >= 15 is 0 Å². The van der Waals surface area contributed by atoms with E-state index in [1.54, 1.807) is 42.5 Å². The highest BCUT2D eigenvalue weighted by atomic mass is 35.5. The Kier molecular flexibility index (Phi) is 8.30. The fourth-order valence-corrected chi connectivity index (χ4v) is 5.80. The minimum absolute atomic E-state index is 0.0670. The maximum Gasteiger partial charge on any atom is 0.348 e. The highest BCUT2D eigenvalue weighted by molar-refractivity contribution is 7.89. The van der Waals surface area contributed by atoms with Gasteiger partial charge in [-0.15, -0.1) is 0 Å². The van der Waals surface area contributed by atoms with Crippen LogP contribution < -0.4 is 9.64 Å². The van der Waals surface area contributed by atoms with Crippen molar-refractivity contribution in [2.24, 2.45) is 0 Å². The normalized spacial score (nSPS) is 15.2. The molecule has 1 atom stereocenters. The second-order valence-corrected chi connectivity index (χ2v) is 11.2. The summed E-state index contributed by atoms with van der Waals surface area (Å²) in [6, 6.07) is 17.0. The highest BCUT2D eigenvalue weighted by Gasteiger charge is 2.37. The van der Waals surface area contributed by atoms with Crippen LogP contribution in [-0.4, -0.2) is 50.9 Å². The first-order chi connectivity index (χ1) is 17.6. The van der Waals surface area contributed by atoms with Gasteiger partial charge in [0.25, 0.3) is 0 Å². The van der Waals surface area contributed by atoms with E-state index in [1.165, 1.54) is 36.3 Å². The molecule has 1 heterocycles. The Balaban J connectivity index is 1.72. The number of hydrogen-bond acceptors (Lipinski definition) is 6. The topological polar surface area (TPSA) is 93.2 Å². The Hall–Kier alpha value is -2.82. The number of esters is 1. The van der Waals surface area contributed by atoms with Crippen molar-refractivity contribution in [3.63, 3.8) is 0 Å². The summed E-state index contributed by atoms with van der Waals surface area (Å²) in [5, 5.41) is 0.854. The molecule has 3 aromatic rings. The lowest BCUT2D eigenvalue weighted by atomic mass is 10.1. The molecule has 37 heavy (non-hydrogen) atoms. The molecule has 3 aromatic carbocycles. The first-order valence-electron chi connectivity index (χ1n) is 10.9. The monoisotopic (exact) mass is 582 g/mol. The average molecular weight is 584 g/mol. The second-order valence-electron chi connectivity index (χ2n) is 8.03. The number of rotatable bonds is 7. The van der Waals surface area contributed by atoms with Gasteiger partial charge in [0.2, 0.25) is 22.0 Å². The second kappa shape index (κ2) is 11.3. The molecule has 0 aliphatic carbocycles. The van der Waals surface area contributed by atoms with Crippen LogP contribution in [0.5, 0.6) is 5.75 Å². The zero-order valence-corrected chi connectivity index (χ0v) is 22.5. The van der Waals surface area contributed by atoms with Crippen molar-refractivity contribution < 1.29 is 27.5 Å². The summed E-state index contributed by atoms with van der Waals surface area (Å²) in [5.74, 6) is -0.968. The van der Waals surface area contributed by atoms with Crippen LogP contribution in [0.1, 0.15) is 5.56 Å². The van der Waals surface area contributed by atoms with Crippen LogP contribution in [0.3, 0.4) is 0 Å². The van der Waals surface area contributed by atoms with Crippen molar-refractivity contribution >= 4 is 62.4 Å². The molecule has 0 aromatic heterocycles. The summed E-state index contributed by atoms with van der Waals surface area (Å²) in [7, 11) is -2.99. The van der Waals surface area contributed by atoms with E-state index < -0.39 is 34.5 Å². The number of anilines is 1. The van der Waals surface area contributed by atoms with Crippen LogP contribution in [0.2, 0.25) is 15.1 Å². The van der Waals surface area contributed by atoms with E-state index in [0.717, 1.165) is 4.31 Å². The molecule has 0 N–H and O–H groups in total. The summed E-state index contributed by atoms with van der Waals surface area (Å²) in [6.45, 7) is -1.01. The Morgan fingerprint density at radius 2 is 1.65 bits per heavy atom. The average Bonchev–Trinajstić information content (AvgIpc) is 2.89. The molecule has 1 amide bonds. The molecule has 1 aliphatic rings. The van der Waals surface area contributed by atoms with Gasteiger partial charge in [-0.3, -0.25) is 4.79 Å². The third kappa shape index (κ3) is 5.86. The summed E-state index contributed by atoms with van der Waals surface area (Å²) in [6.07, 6.45) is -1.08. The number of nitrogens with zero attached hydrogens (tertiary/aromatic N) is 2. The molecule has 0 fully saturated rings. The number of carbonyl (C=O) groups is 2. The fraction of sp³-hybridized carbons (Fsp3) is 0.200. The van der Waals surface area contributed by atoms with Gasteiger partial charge in [0, 0.05) is 27.2 Å². The van der Waals surface area contributed by atoms with Crippen molar-refractivity contribution in [2.75, 3.05) is 25.1 Å². The molecule has 0 bridgehead atoms. The highest BCUT2D eigenvalue weighted by Crippen LogP contribution is 2.34. The van der Waals surface area contributed by atoms with Gasteiger partial charge in [-0.05, 0) is 48.5 Å². The van der Waals surface area contributed by atoms with Crippen molar-refractivity contribution in [3.05, 3.63) is 87.4 Å². The molecular weight excluding hydrogens is 563 g/mol. The Labute approximate surface area is 229 Å². The predicted octanol–water partition coefficient (Wildman–Crippen LogP) is 4.80. The standard InChI is InChI=1S/C25H21Cl3N2O6S/c1-35-25(32)23-14-30(21-7-2-3-8-22(21)36-23)24(31)15-29(13-18-19(27)5-4-6-20(18)28)37(33,34)17-11-9-16(26)10-12-17/h2-12,23H,13-15H2,1H3. The lowest BCUT2D eigenvalue weighted by Gasteiger charge is -2.34. The predicted molar refractivity (Wildman–Crippen MR) is 141 cm³/mol. The molecule has 0 saturated heterocycles. The van der Waals surface area contributed by atoms with Crippen molar-refractivity contribution in [1.29, 1.82) is 0 Å². The number of halogens is 3. The van der Waals surface area contributed by atoms with Gasteiger partial charge >= 0.3 is 5.97 Å². The third-order valence-electron chi connectivity index (χ3n) is 5.70. The third-order valence-corrected chi connectivity index (χ3v) is 8.46. The minimum Gasteiger partial charge on any atom is -0.475 e. The smallest absolute Gasteiger partial charge is 0.348 e. The number of para-hydroxylation sites is 2. The van der Waals surface area contributed by atoms with Gasteiger partial charge in [0.05, 0.1) is 30.8 Å². The molecular formula is C25H21Cl3N2O6S. The Morgan fingerprint density at radius 3 is 2.30 bits per heavy atom. The molecule has 8 nitrogen and oxygen atoms in total. The van der Waals surface area contributed by atoms with Crippen LogP contribution in [0.15, 0.2) is 71.6 Å². The molecule has 0 saturated carbocycles. The number of hydrogen-bond donors (Lipinski definition) is 0.